The molecule has 2 N–H and O–H groups in total. The van der Waals surface area contributed by atoms with E-state index < -0.39 is 5.91 Å². The second-order valence-electron chi connectivity index (χ2n) is 6.10. The minimum absolute atomic E-state index is 0.107. The maximum atomic E-state index is 12.4. The van der Waals surface area contributed by atoms with Gasteiger partial charge in [-0.1, -0.05) is 29.3 Å². The van der Waals surface area contributed by atoms with E-state index in [9.17, 15) is 4.79 Å². The van der Waals surface area contributed by atoms with Crippen LogP contribution in [0.4, 0.5) is 5.69 Å². The molecule has 2 heterocycles. The van der Waals surface area contributed by atoms with Crippen molar-refractivity contribution in [2.24, 2.45) is 0 Å². The van der Waals surface area contributed by atoms with Crippen molar-refractivity contribution < 1.29 is 9.21 Å². The lowest BCUT2D eigenvalue weighted by molar-refractivity contribution is 0.0978. The number of carbonyl (C=O) groups excluding carboxylic acids is 1. The van der Waals surface area contributed by atoms with Crippen LogP contribution in [0.2, 0.25) is 10.0 Å². The van der Waals surface area contributed by atoms with Gasteiger partial charge in [-0.25, -0.2) is 4.98 Å². The Morgan fingerprint density at radius 2 is 1.97 bits per heavy atom. The van der Waals surface area contributed by atoms with Crippen LogP contribution < -0.4 is 10.6 Å². The molecule has 0 spiro atoms. The standard InChI is InChI=1S/C20H11BrCl2N4O2S/c21-11-6-10(8-24-9-11)19-26-15-7-12(4-5-16(15)29-19)25-20(30)27-18(28)13-2-1-3-14(22)17(13)23/h1-9H,(H2,25,27,28,30). The summed E-state index contributed by atoms with van der Waals surface area (Å²) in [5.41, 5.74) is 2.85. The predicted molar refractivity (Wildman–Crippen MR) is 125 cm³/mol. The van der Waals surface area contributed by atoms with Crippen molar-refractivity contribution in [3.63, 3.8) is 0 Å². The Morgan fingerprint density at radius 3 is 2.77 bits per heavy atom. The summed E-state index contributed by atoms with van der Waals surface area (Å²) in [5.74, 6) is -0.0191. The third kappa shape index (κ3) is 4.46. The topological polar surface area (TPSA) is 80.0 Å². The SMILES string of the molecule is O=C(NC(=S)Nc1ccc2oc(-c3cncc(Br)c3)nc2c1)c1cccc(Cl)c1Cl. The average molecular weight is 522 g/mol. The molecule has 0 radical (unpaired) electrons. The van der Waals surface area contributed by atoms with Gasteiger partial charge < -0.3 is 9.73 Å². The minimum Gasteiger partial charge on any atom is -0.436 e. The number of fused-ring (bicyclic) bond motifs is 1. The van der Waals surface area contributed by atoms with Gasteiger partial charge in [0.2, 0.25) is 5.89 Å². The maximum absolute atomic E-state index is 12.4. The van der Waals surface area contributed by atoms with Crippen molar-refractivity contribution in [3.05, 3.63) is 74.9 Å². The molecule has 1 amide bonds. The number of nitrogens with zero attached hydrogens (tertiary/aromatic N) is 2. The Labute approximate surface area is 194 Å². The van der Waals surface area contributed by atoms with Gasteiger partial charge in [0.25, 0.3) is 5.91 Å². The Morgan fingerprint density at radius 1 is 1.13 bits per heavy atom. The monoisotopic (exact) mass is 520 g/mol. The molecular weight excluding hydrogens is 511 g/mol. The van der Waals surface area contributed by atoms with Gasteiger partial charge in [0, 0.05) is 22.6 Å². The zero-order chi connectivity index (χ0) is 21.3. The Hall–Kier alpha value is -2.52. The largest absolute Gasteiger partial charge is 0.436 e. The van der Waals surface area contributed by atoms with E-state index in [-0.39, 0.29) is 20.7 Å². The first-order chi connectivity index (χ1) is 14.4. The highest BCUT2D eigenvalue weighted by atomic mass is 79.9. The first-order valence-corrected chi connectivity index (χ1v) is 10.4. The Bertz CT molecular complexity index is 1300. The van der Waals surface area contributed by atoms with E-state index in [2.05, 4.69) is 36.5 Å². The molecule has 0 fully saturated rings. The van der Waals surface area contributed by atoms with Crippen molar-refractivity contribution in [1.82, 2.24) is 15.3 Å². The highest BCUT2D eigenvalue weighted by Crippen LogP contribution is 2.28. The van der Waals surface area contributed by atoms with Crippen LogP contribution in [0.1, 0.15) is 10.4 Å². The number of aromatic nitrogens is 2. The Balaban J connectivity index is 1.50. The van der Waals surface area contributed by atoms with Gasteiger partial charge in [0.1, 0.15) is 5.52 Å². The Kier molecular flexibility index (Phi) is 6.01. The van der Waals surface area contributed by atoms with E-state index >= 15 is 0 Å². The van der Waals surface area contributed by atoms with Crippen molar-refractivity contribution >= 4 is 79.2 Å². The summed E-state index contributed by atoms with van der Waals surface area (Å²) in [5, 5.41) is 6.09. The van der Waals surface area contributed by atoms with Gasteiger partial charge in [0.15, 0.2) is 10.7 Å². The normalized spacial score (nSPS) is 10.8. The maximum Gasteiger partial charge on any atom is 0.258 e. The number of hydrogen-bond donors (Lipinski definition) is 2. The molecule has 0 aliphatic rings. The summed E-state index contributed by atoms with van der Waals surface area (Å²) >= 11 is 20.6. The van der Waals surface area contributed by atoms with Crippen molar-refractivity contribution in [2.75, 3.05) is 5.32 Å². The average Bonchev–Trinajstić information content (AvgIpc) is 3.13. The smallest absolute Gasteiger partial charge is 0.258 e. The fraction of sp³-hybridized carbons (Fsp3) is 0. The lowest BCUT2D eigenvalue weighted by Gasteiger charge is -2.10. The van der Waals surface area contributed by atoms with Gasteiger partial charge in [-0.3, -0.25) is 15.1 Å². The molecule has 30 heavy (non-hydrogen) atoms. The van der Waals surface area contributed by atoms with E-state index in [4.69, 9.17) is 39.8 Å². The first kappa shape index (κ1) is 20.7. The molecule has 0 bridgehead atoms. The van der Waals surface area contributed by atoms with Gasteiger partial charge >= 0.3 is 0 Å². The van der Waals surface area contributed by atoms with Gasteiger partial charge in [-0.05, 0) is 64.5 Å². The van der Waals surface area contributed by atoms with Crippen LogP contribution in [0.5, 0.6) is 0 Å². The van der Waals surface area contributed by atoms with Crippen LogP contribution >= 0.6 is 51.3 Å². The number of rotatable bonds is 3. The molecule has 0 unspecified atom stereocenters. The third-order valence-electron chi connectivity index (χ3n) is 4.02. The fourth-order valence-corrected chi connectivity index (χ4v) is 3.63. The van der Waals surface area contributed by atoms with Crippen molar-refractivity contribution in [3.8, 4) is 11.5 Å². The van der Waals surface area contributed by atoms with Crippen LogP contribution in [-0.4, -0.2) is 21.0 Å². The van der Waals surface area contributed by atoms with Crippen LogP contribution in [-0.2, 0) is 0 Å². The molecule has 2 aromatic carbocycles. The molecule has 4 aromatic rings. The third-order valence-corrected chi connectivity index (χ3v) is 5.48. The van der Waals surface area contributed by atoms with Crippen molar-refractivity contribution in [2.45, 2.75) is 0 Å². The molecule has 6 nitrogen and oxygen atoms in total. The number of nitrogens with one attached hydrogen (secondary N) is 2. The summed E-state index contributed by atoms with van der Waals surface area (Å²) in [4.78, 5) is 21.0. The number of benzene rings is 2. The predicted octanol–water partition coefficient (Wildman–Crippen LogP) is 6.09. The summed E-state index contributed by atoms with van der Waals surface area (Å²) in [6.07, 6.45) is 3.35. The number of oxazole rings is 1. The van der Waals surface area contributed by atoms with Gasteiger partial charge in [-0.15, -0.1) is 0 Å². The zero-order valence-electron chi connectivity index (χ0n) is 14.9. The number of halogens is 3. The van der Waals surface area contributed by atoms with E-state index in [0.29, 0.717) is 22.7 Å². The van der Waals surface area contributed by atoms with E-state index in [1.807, 2.05) is 6.07 Å². The molecule has 0 atom stereocenters. The number of amides is 1. The lowest BCUT2D eigenvalue weighted by Crippen LogP contribution is -2.34. The van der Waals surface area contributed by atoms with Crippen LogP contribution in [0, 0.1) is 0 Å². The molecule has 2 aromatic heterocycles. The number of hydrogen-bond acceptors (Lipinski definition) is 5. The van der Waals surface area contributed by atoms with E-state index in [1.165, 1.54) is 0 Å². The summed E-state index contributed by atoms with van der Waals surface area (Å²) in [6, 6.07) is 11.9. The zero-order valence-corrected chi connectivity index (χ0v) is 18.9. The molecule has 0 saturated carbocycles. The summed E-state index contributed by atoms with van der Waals surface area (Å²) < 4.78 is 6.61. The van der Waals surface area contributed by atoms with Crippen LogP contribution in [0.3, 0.4) is 0 Å². The van der Waals surface area contributed by atoms with Crippen LogP contribution in [0.15, 0.2) is 63.7 Å². The summed E-state index contributed by atoms with van der Waals surface area (Å²) in [6.45, 7) is 0. The minimum atomic E-state index is -0.466. The highest BCUT2D eigenvalue weighted by molar-refractivity contribution is 9.10. The fourth-order valence-electron chi connectivity index (χ4n) is 2.67. The molecule has 150 valence electrons. The quantitative estimate of drug-likeness (QED) is 0.318. The second kappa shape index (κ2) is 8.69. The number of pyridine rings is 1. The number of carbonyl (C=O) groups is 1. The molecular formula is C20H11BrCl2N4O2S. The second-order valence-corrected chi connectivity index (χ2v) is 8.21. The highest BCUT2D eigenvalue weighted by Gasteiger charge is 2.15. The molecule has 0 saturated heterocycles. The van der Waals surface area contributed by atoms with Gasteiger partial charge in [-0.2, -0.15) is 0 Å². The summed E-state index contributed by atoms with van der Waals surface area (Å²) in [7, 11) is 0. The molecule has 0 aliphatic carbocycles. The van der Waals surface area contributed by atoms with E-state index in [1.54, 1.807) is 48.8 Å². The number of thiocarbonyl (C=S) groups is 1. The number of anilines is 1. The molecule has 4 rings (SSSR count). The van der Waals surface area contributed by atoms with E-state index in [0.717, 1.165) is 10.0 Å². The van der Waals surface area contributed by atoms with Crippen molar-refractivity contribution in [1.29, 1.82) is 0 Å². The van der Waals surface area contributed by atoms with Crippen LogP contribution in [0.25, 0.3) is 22.6 Å². The molecule has 10 heteroatoms. The molecule has 0 aliphatic heterocycles. The lowest BCUT2D eigenvalue weighted by atomic mass is 10.2. The van der Waals surface area contributed by atoms with Gasteiger partial charge in [0.05, 0.1) is 21.2 Å². The first-order valence-electron chi connectivity index (χ1n) is 8.48.